The van der Waals surface area contributed by atoms with E-state index in [1.165, 1.54) is 0 Å². The van der Waals surface area contributed by atoms with E-state index in [9.17, 15) is 9.90 Å². The lowest BCUT2D eigenvalue weighted by molar-refractivity contribution is -0.162. The van der Waals surface area contributed by atoms with Crippen LogP contribution >= 0.6 is 11.3 Å². The minimum atomic E-state index is -0.830. The summed E-state index contributed by atoms with van der Waals surface area (Å²) in [5.74, 6) is -0.782. The molecule has 1 aliphatic heterocycles. The highest BCUT2D eigenvalue weighted by Gasteiger charge is 2.50. The highest BCUT2D eigenvalue weighted by molar-refractivity contribution is 7.19. The van der Waals surface area contributed by atoms with Gasteiger partial charge in [-0.2, -0.15) is 0 Å². The van der Waals surface area contributed by atoms with Crippen LogP contribution in [0.3, 0.4) is 0 Å². The van der Waals surface area contributed by atoms with Gasteiger partial charge in [0.2, 0.25) is 0 Å². The first-order valence-electron chi connectivity index (χ1n) is 5.45. The summed E-state index contributed by atoms with van der Waals surface area (Å²) >= 11 is 1.65. The minimum Gasteiger partial charge on any atom is -0.480 e. The van der Waals surface area contributed by atoms with Gasteiger partial charge in [0.15, 0.2) is 0 Å². The predicted octanol–water partition coefficient (Wildman–Crippen LogP) is 2.56. The largest absolute Gasteiger partial charge is 0.480 e. The van der Waals surface area contributed by atoms with Crippen molar-refractivity contribution in [3.8, 4) is 0 Å². The van der Waals surface area contributed by atoms with Crippen LogP contribution in [-0.2, 0) is 14.9 Å². The molecule has 0 unspecified atom stereocenters. The minimum absolute atomic E-state index is 0.282. The molecule has 2 heterocycles. The SMILES string of the molecule is Cc1sc2ccccc2c1C1(C(=O)O)COC1. The Balaban J connectivity index is 2.29. The van der Waals surface area contributed by atoms with Crippen LogP contribution in [0.25, 0.3) is 10.1 Å². The molecule has 17 heavy (non-hydrogen) atoms. The normalized spacial score (nSPS) is 17.9. The number of aliphatic carboxylic acids is 1. The Bertz CT molecular complexity index is 596. The number of rotatable bonds is 2. The third kappa shape index (κ3) is 1.34. The first-order valence-corrected chi connectivity index (χ1v) is 6.26. The summed E-state index contributed by atoms with van der Waals surface area (Å²) in [6, 6.07) is 7.96. The second-order valence-corrected chi connectivity index (χ2v) is 5.67. The van der Waals surface area contributed by atoms with E-state index in [1.807, 2.05) is 31.2 Å². The van der Waals surface area contributed by atoms with E-state index in [4.69, 9.17) is 4.74 Å². The third-order valence-corrected chi connectivity index (χ3v) is 4.44. The van der Waals surface area contributed by atoms with Crippen molar-refractivity contribution in [2.45, 2.75) is 12.3 Å². The van der Waals surface area contributed by atoms with Crippen LogP contribution in [-0.4, -0.2) is 24.3 Å². The Kier molecular flexibility index (Phi) is 2.24. The molecule has 0 radical (unpaired) electrons. The smallest absolute Gasteiger partial charge is 0.318 e. The summed E-state index contributed by atoms with van der Waals surface area (Å²) in [5.41, 5.74) is 0.112. The van der Waals surface area contributed by atoms with Gasteiger partial charge in [0, 0.05) is 9.58 Å². The lowest BCUT2D eigenvalue weighted by atomic mass is 9.77. The van der Waals surface area contributed by atoms with Gasteiger partial charge in [-0.15, -0.1) is 11.3 Å². The summed E-state index contributed by atoms with van der Waals surface area (Å²) in [4.78, 5) is 12.6. The molecule has 3 rings (SSSR count). The number of thiophene rings is 1. The van der Waals surface area contributed by atoms with E-state index in [0.29, 0.717) is 0 Å². The van der Waals surface area contributed by atoms with E-state index < -0.39 is 11.4 Å². The van der Waals surface area contributed by atoms with Crippen LogP contribution in [0.4, 0.5) is 0 Å². The van der Waals surface area contributed by atoms with Gasteiger partial charge < -0.3 is 9.84 Å². The van der Waals surface area contributed by atoms with E-state index in [-0.39, 0.29) is 13.2 Å². The molecule has 4 heteroatoms. The molecule has 0 saturated carbocycles. The lowest BCUT2D eigenvalue weighted by Crippen LogP contribution is -2.53. The van der Waals surface area contributed by atoms with Gasteiger partial charge in [0.05, 0.1) is 13.2 Å². The molecule has 0 atom stereocenters. The number of carboxylic acids is 1. The number of benzene rings is 1. The van der Waals surface area contributed by atoms with Gasteiger partial charge in [0.25, 0.3) is 0 Å². The number of carbonyl (C=O) groups is 1. The second kappa shape index (κ2) is 3.55. The van der Waals surface area contributed by atoms with Crippen LogP contribution < -0.4 is 0 Å². The Morgan fingerprint density at radius 3 is 2.71 bits per heavy atom. The first-order chi connectivity index (χ1) is 8.15. The summed E-state index contributed by atoms with van der Waals surface area (Å²) in [7, 11) is 0. The molecule has 0 amide bonds. The molecule has 1 N–H and O–H groups in total. The van der Waals surface area contributed by atoms with Crippen molar-refractivity contribution in [2.24, 2.45) is 0 Å². The Labute approximate surface area is 103 Å². The number of hydrogen-bond acceptors (Lipinski definition) is 3. The average molecular weight is 248 g/mol. The maximum Gasteiger partial charge on any atom is 0.318 e. The molecule has 0 aliphatic carbocycles. The van der Waals surface area contributed by atoms with Gasteiger partial charge in [-0.25, -0.2) is 0 Å². The molecule has 0 bridgehead atoms. The van der Waals surface area contributed by atoms with Crippen molar-refractivity contribution in [2.75, 3.05) is 13.2 Å². The quantitative estimate of drug-likeness (QED) is 0.888. The van der Waals surface area contributed by atoms with Crippen LogP contribution in [0.1, 0.15) is 10.4 Å². The Morgan fingerprint density at radius 2 is 2.12 bits per heavy atom. The van der Waals surface area contributed by atoms with Crippen molar-refractivity contribution < 1.29 is 14.6 Å². The number of carboxylic acid groups (broad SMARTS) is 1. The second-order valence-electron chi connectivity index (χ2n) is 4.41. The number of hydrogen-bond donors (Lipinski definition) is 1. The first kappa shape index (κ1) is 10.7. The molecule has 3 nitrogen and oxygen atoms in total. The zero-order valence-corrected chi connectivity index (χ0v) is 10.2. The van der Waals surface area contributed by atoms with E-state index in [0.717, 1.165) is 20.5 Å². The topological polar surface area (TPSA) is 46.5 Å². The summed E-state index contributed by atoms with van der Waals surface area (Å²) < 4.78 is 6.30. The molecule has 1 fully saturated rings. The number of fused-ring (bicyclic) bond motifs is 1. The molecular formula is C13H12O3S. The molecule has 1 saturated heterocycles. The molecule has 1 aliphatic rings. The predicted molar refractivity (Wildman–Crippen MR) is 66.7 cm³/mol. The zero-order valence-electron chi connectivity index (χ0n) is 9.40. The summed E-state index contributed by atoms with van der Waals surface area (Å²) in [5, 5.41) is 10.5. The van der Waals surface area contributed by atoms with Crippen LogP contribution in [0.2, 0.25) is 0 Å². The number of aryl methyl sites for hydroxylation is 1. The fourth-order valence-electron chi connectivity index (χ4n) is 2.44. The third-order valence-electron chi connectivity index (χ3n) is 3.36. The van der Waals surface area contributed by atoms with Crippen LogP contribution in [0.5, 0.6) is 0 Å². The summed E-state index contributed by atoms with van der Waals surface area (Å²) in [6.45, 7) is 2.55. The van der Waals surface area contributed by atoms with Gasteiger partial charge in [-0.1, -0.05) is 18.2 Å². The van der Waals surface area contributed by atoms with Gasteiger partial charge in [-0.3, -0.25) is 4.79 Å². The Hall–Kier alpha value is -1.39. The van der Waals surface area contributed by atoms with E-state index in [1.54, 1.807) is 11.3 Å². The number of ether oxygens (including phenoxy) is 1. The maximum absolute atomic E-state index is 11.5. The highest BCUT2D eigenvalue weighted by Crippen LogP contribution is 2.42. The molecule has 1 aromatic carbocycles. The van der Waals surface area contributed by atoms with E-state index in [2.05, 4.69) is 0 Å². The fraction of sp³-hybridized carbons (Fsp3) is 0.308. The standard InChI is InChI=1S/C13H12O3S/c1-8-11(13(12(14)15)6-16-7-13)9-4-2-3-5-10(9)17-8/h2-5H,6-7H2,1H3,(H,14,15). The zero-order chi connectivity index (χ0) is 12.0. The van der Waals surface area contributed by atoms with Crippen molar-refractivity contribution in [1.82, 2.24) is 0 Å². The van der Waals surface area contributed by atoms with Gasteiger partial charge >= 0.3 is 5.97 Å². The Morgan fingerprint density at radius 1 is 1.41 bits per heavy atom. The van der Waals surface area contributed by atoms with E-state index >= 15 is 0 Å². The summed E-state index contributed by atoms with van der Waals surface area (Å²) in [6.07, 6.45) is 0. The maximum atomic E-state index is 11.5. The molecular weight excluding hydrogens is 236 g/mol. The van der Waals surface area contributed by atoms with Crippen molar-refractivity contribution >= 4 is 27.4 Å². The van der Waals surface area contributed by atoms with Crippen molar-refractivity contribution in [1.29, 1.82) is 0 Å². The molecule has 1 aromatic heterocycles. The average Bonchev–Trinajstić information content (AvgIpc) is 2.54. The van der Waals surface area contributed by atoms with Crippen molar-refractivity contribution in [3.63, 3.8) is 0 Å². The van der Waals surface area contributed by atoms with Crippen LogP contribution in [0, 0.1) is 6.92 Å². The molecule has 88 valence electrons. The van der Waals surface area contributed by atoms with Crippen molar-refractivity contribution in [3.05, 3.63) is 34.7 Å². The molecule has 0 spiro atoms. The lowest BCUT2D eigenvalue weighted by Gasteiger charge is -2.38. The highest BCUT2D eigenvalue weighted by atomic mass is 32.1. The molecule has 2 aromatic rings. The fourth-order valence-corrected chi connectivity index (χ4v) is 3.61. The monoisotopic (exact) mass is 248 g/mol. The van der Waals surface area contributed by atoms with Gasteiger partial charge in [0.1, 0.15) is 5.41 Å². The van der Waals surface area contributed by atoms with Crippen LogP contribution in [0.15, 0.2) is 24.3 Å². The van der Waals surface area contributed by atoms with Gasteiger partial charge in [-0.05, 0) is 23.9 Å².